The van der Waals surface area contributed by atoms with Gasteiger partial charge in [-0.2, -0.15) is 0 Å². The van der Waals surface area contributed by atoms with Crippen molar-refractivity contribution in [2.75, 3.05) is 12.4 Å². The number of anilines is 1. The molecule has 47 heavy (non-hydrogen) atoms. The van der Waals surface area contributed by atoms with Crippen molar-refractivity contribution in [1.82, 2.24) is 20.2 Å². The molecule has 0 saturated heterocycles. The highest BCUT2D eigenvalue weighted by Crippen LogP contribution is 2.25. The van der Waals surface area contributed by atoms with Crippen LogP contribution in [-0.2, 0) is 11.2 Å². The van der Waals surface area contributed by atoms with Crippen molar-refractivity contribution in [3.8, 4) is 0 Å². The van der Waals surface area contributed by atoms with Gasteiger partial charge in [-0.3, -0.25) is 14.4 Å². The van der Waals surface area contributed by atoms with Crippen LogP contribution in [0.4, 0.5) is 10.1 Å². The van der Waals surface area contributed by atoms with Gasteiger partial charge in [0.2, 0.25) is 5.91 Å². The lowest BCUT2D eigenvalue weighted by atomic mass is 10.00. The SMILES string of the molecule is CN(C(=O)c1cc2[nH]cnc2cc1C(=O)NC(Cc1ccccc1F)C(=O)Nc1cc(C(=O)[O-])cc(C(=O)[O-])c1)C1CCCCCC1. The van der Waals surface area contributed by atoms with Gasteiger partial charge in [0.25, 0.3) is 11.8 Å². The highest BCUT2D eigenvalue weighted by atomic mass is 19.1. The number of carboxylic acids is 2. The molecule has 1 heterocycles. The van der Waals surface area contributed by atoms with E-state index in [1.54, 1.807) is 18.0 Å². The molecular formula is C34H32FN5O7-2. The van der Waals surface area contributed by atoms with Crippen molar-refractivity contribution in [2.24, 2.45) is 0 Å². The lowest BCUT2D eigenvalue weighted by Gasteiger charge is -2.28. The van der Waals surface area contributed by atoms with Crippen LogP contribution in [0.15, 0.2) is 60.9 Å². The number of aromatic amines is 1. The number of benzene rings is 3. The van der Waals surface area contributed by atoms with Crippen LogP contribution >= 0.6 is 0 Å². The molecule has 0 bridgehead atoms. The van der Waals surface area contributed by atoms with E-state index in [0.717, 1.165) is 56.7 Å². The first-order chi connectivity index (χ1) is 22.5. The molecule has 0 aliphatic heterocycles. The fourth-order valence-electron chi connectivity index (χ4n) is 5.84. The molecule has 1 saturated carbocycles. The molecule has 1 aliphatic carbocycles. The van der Waals surface area contributed by atoms with Crippen LogP contribution in [-0.4, -0.2) is 63.7 Å². The van der Waals surface area contributed by atoms with Crippen molar-refractivity contribution in [1.29, 1.82) is 0 Å². The summed E-state index contributed by atoms with van der Waals surface area (Å²) in [6.07, 6.45) is 6.89. The molecule has 13 heteroatoms. The first-order valence-electron chi connectivity index (χ1n) is 15.2. The third-order valence-electron chi connectivity index (χ3n) is 8.40. The first kappa shape index (κ1) is 32.8. The summed E-state index contributed by atoms with van der Waals surface area (Å²) in [6.45, 7) is 0. The summed E-state index contributed by atoms with van der Waals surface area (Å²) in [5, 5.41) is 28.0. The van der Waals surface area contributed by atoms with Crippen molar-refractivity contribution >= 4 is 46.4 Å². The molecule has 244 valence electrons. The average molecular weight is 642 g/mol. The number of hydrogen-bond acceptors (Lipinski definition) is 8. The van der Waals surface area contributed by atoms with Gasteiger partial charge in [-0.05, 0) is 65.9 Å². The minimum absolute atomic E-state index is 0.0133. The number of H-pyrrole nitrogens is 1. The summed E-state index contributed by atoms with van der Waals surface area (Å²) in [7, 11) is 1.70. The topological polar surface area (TPSA) is 187 Å². The zero-order valence-electron chi connectivity index (χ0n) is 25.5. The van der Waals surface area contributed by atoms with Crippen LogP contribution in [0.5, 0.6) is 0 Å². The molecule has 1 atom stereocenters. The number of nitrogens with zero attached hydrogens (tertiary/aromatic N) is 2. The number of rotatable bonds is 10. The largest absolute Gasteiger partial charge is 0.545 e. The number of aromatic carboxylic acids is 2. The van der Waals surface area contributed by atoms with Gasteiger partial charge in [0, 0.05) is 25.2 Å². The molecule has 4 aromatic rings. The normalized spacial score (nSPS) is 14.2. The third kappa shape index (κ3) is 7.63. The van der Waals surface area contributed by atoms with E-state index in [1.165, 1.54) is 36.7 Å². The molecule has 0 radical (unpaired) electrons. The van der Waals surface area contributed by atoms with Crippen molar-refractivity contribution in [3.05, 3.63) is 94.6 Å². The number of imidazole rings is 1. The summed E-state index contributed by atoms with van der Waals surface area (Å²) >= 11 is 0. The Balaban J connectivity index is 1.49. The predicted octanol–water partition coefficient (Wildman–Crippen LogP) is 2.20. The minimum atomic E-state index is -1.69. The van der Waals surface area contributed by atoms with Crippen molar-refractivity contribution in [3.63, 3.8) is 0 Å². The molecule has 3 amide bonds. The van der Waals surface area contributed by atoms with E-state index in [2.05, 4.69) is 20.6 Å². The molecule has 1 aromatic heterocycles. The number of amides is 3. The van der Waals surface area contributed by atoms with Crippen LogP contribution < -0.4 is 20.8 Å². The van der Waals surface area contributed by atoms with Crippen molar-refractivity contribution in [2.45, 2.75) is 57.0 Å². The van der Waals surface area contributed by atoms with Gasteiger partial charge in [-0.15, -0.1) is 0 Å². The van der Waals surface area contributed by atoms with Crippen LogP contribution in [0.1, 0.15) is 85.5 Å². The Morgan fingerprint density at radius 3 is 2.23 bits per heavy atom. The van der Waals surface area contributed by atoms with Gasteiger partial charge in [-0.1, -0.05) is 43.9 Å². The van der Waals surface area contributed by atoms with E-state index in [4.69, 9.17) is 0 Å². The summed E-state index contributed by atoms with van der Waals surface area (Å²) in [4.78, 5) is 73.2. The summed E-state index contributed by atoms with van der Waals surface area (Å²) in [6, 6.07) is 9.89. The zero-order chi connectivity index (χ0) is 33.7. The standard InChI is InChI=1S/C34H34FN5O7/c1-40(23-9-4-2-3-5-10-23)32(43)25-17-28-27(36-18-37-28)16-24(25)30(41)39-29(15-19-8-6-7-11-26(19)35)31(42)38-22-13-20(33(44)45)12-21(14-22)34(46)47/h6-8,11-14,16-18,23,29H,2-5,9-10,15H2,1H3,(H,36,37)(H,38,42)(H,39,41)(H,44,45)(H,46,47)/p-2. The monoisotopic (exact) mass is 641 g/mol. The molecule has 1 aliphatic rings. The smallest absolute Gasteiger partial charge is 0.254 e. The molecule has 12 nitrogen and oxygen atoms in total. The van der Waals surface area contributed by atoms with Crippen LogP contribution in [0, 0.1) is 5.82 Å². The summed E-state index contributed by atoms with van der Waals surface area (Å²) < 4.78 is 14.7. The Labute approximate surface area is 269 Å². The zero-order valence-corrected chi connectivity index (χ0v) is 25.5. The van der Waals surface area contributed by atoms with Gasteiger partial charge < -0.3 is 40.3 Å². The fourth-order valence-corrected chi connectivity index (χ4v) is 5.84. The highest BCUT2D eigenvalue weighted by Gasteiger charge is 2.29. The number of halogens is 1. The molecular weight excluding hydrogens is 609 g/mol. The van der Waals surface area contributed by atoms with E-state index in [0.29, 0.717) is 11.0 Å². The molecule has 3 N–H and O–H groups in total. The van der Waals surface area contributed by atoms with Gasteiger partial charge in [0.05, 0.1) is 40.4 Å². The number of carbonyl (C=O) groups excluding carboxylic acids is 5. The van der Waals surface area contributed by atoms with Gasteiger partial charge in [0.1, 0.15) is 11.9 Å². The Morgan fingerprint density at radius 2 is 1.60 bits per heavy atom. The summed E-state index contributed by atoms with van der Waals surface area (Å²) in [5.41, 5.74) is -0.281. The number of fused-ring (bicyclic) bond motifs is 1. The van der Waals surface area contributed by atoms with E-state index >= 15 is 0 Å². The Kier molecular flexibility index (Phi) is 9.93. The molecule has 3 aromatic carbocycles. The first-order valence-corrected chi connectivity index (χ1v) is 15.2. The van der Waals surface area contributed by atoms with Gasteiger partial charge in [-0.25, -0.2) is 9.37 Å². The van der Waals surface area contributed by atoms with Gasteiger partial charge >= 0.3 is 0 Å². The molecule has 5 rings (SSSR count). The highest BCUT2D eigenvalue weighted by molar-refractivity contribution is 6.11. The third-order valence-corrected chi connectivity index (χ3v) is 8.40. The second kappa shape index (κ2) is 14.2. The molecule has 1 fully saturated rings. The lowest BCUT2D eigenvalue weighted by molar-refractivity contribution is -0.255. The van der Waals surface area contributed by atoms with E-state index < -0.39 is 46.7 Å². The lowest BCUT2D eigenvalue weighted by Crippen LogP contribution is -2.46. The Hall–Kier alpha value is -5.59. The molecule has 0 spiro atoms. The number of carboxylic acid groups (broad SMARTS) is 2. The summed E-state index contributed by atoms with van der Waals surface area (Å²) in [5.74, 6) is -6.15. The number of hydrogen-bond donors (Lipinski definition) is 3. The minimum Gasteiger partial charge on any atom is -0.545 e. The maximum atomic E-state index is 14.7. The van der Waals surface area contributed by atoms with Crippen LogP contribution in [0.2, 0.25) is 0 Å². The van der Waals surface area contributed by atoms with Crippen LogP contribution in [0.3, 0.4) is 0 Å². The maximum absolute atomic E-state index is 14.7. The van der Waals surface area contributed by atoms with Gasteiger partial charge in [0.15, 0.2) is 0 Å². The Bertz CT molecular complexity index is 1820. The van der Waals surface area contributed by atoms with E-state index in [9.17, 15) is 38.6 Å². The second-order valence-electron chi connectivity index (χ2n) is 11.6. The number of nitrogens with one attached hydrogen (secondary N) is 3. The average Bonchev–Trinajstić information content (AvgIpc) is 3.34. The number of aromatic nitrogens is 2. The van der Waals surface area contributed by atoms with Crippen LogP contribution in [0.25, 0.3) is 11.0 Å². The predicted molar refractivity (Wildman–Crippen MR) is 165 cm³/mol. The quantitative estimate of drug-likeness (QED) is 0.220. The maximum Gasteiger partial charge on any atom is 0.254 e. The van der Waals surface area contributed by atoms with E-state index in [-0.39, 0.29) is 40.7 Å². The number of carbonyl (C=O) groups is 5. The van der Waals surface area contributed by atoms with Crippen molar-refractivity contribution < 1.29 is 38.6 Å². The van der Waals surface area contributed by atoms with E-state index in [1.807, 2.05) is 0 Å². The Morgan fingerprint density at radius 1 is 0.936 bits per heavy atom. The fraction of sp³-hybridized carbons (Fsp3) is 0.294. The second-order valence-corrected chi connectivity index (χ2v) is 11.6. The molecule has 1 unspecified atom stereocenters.